The fraction of sp³-hybridized carbons (Fsp3) is 0.259. The van der Waals surface area contributed by atoms with E-state index in [1.54, 1.807) is 12.3 Å². The summed E-state index contributed by atoms with van der Waals surface area (Å²) in [5.74, 6) is 3.45. The van der Waals surface area contributed by atoms with Gasteiger partial charge in [0.05, 0.1) is 0 Å². The van der Waals surface area contributed by atoms with Crippen LogP contribution in [0.3, 0.4) is 0 Å². The third-order valence-corrected chi connectivity index (χ3v) is 5.94. The first-order valence-corrected chi connectivity index (χ1v) is 13.9. The highest BCUT2D eigenvalue weighted by molar-refractivity contribution is 6.83. The fourth-order valence-corrected chi connectivity index (χ4v) is 3.99. The summed E-state index contributed by atoms with van der Waals surface area (Å²) in [6, 6.07) is 20.4. The predicted octanol–water partition coefficient (Wildman–Crippen LogP) is 6.33. The summed E-state index contributed by atoms with van der Waals surface area (Å²) in [7, 11) is -1.41. The maximum Gasteiger partial charge on any atom is 0.163 e. The van der Waals surface area contributed by atoms with Gasteiger partial charge in [-0.2, -0.15) is 0 Å². The number of ketones is 1. The van der Waals surface area contributed by atoms with Crippen LogP contribution in [0.25, 0.3) is 0 Å². The van der Waals surface area contributed by atoms with Crippen LogP contribution in [-0.4, -0.2) is 18.8 Å². The summed E-state index contributed by atoms with van der Waals surface area (Å²) >= 11 is 0. The maximum atomic E-state index is 13.1. The van der Waals surface area contributed by atoms with E-state index in [9.17, 15) is 4.79 Å². The Balaban J connectivity index is 1.95. The molecule has 1 unspecified atom stereocenters. The standard InChI is InChI=1S/C27H29NOSi/c1-20-8-6-7-9-25(20)26(19-27(29)24-14-16-28-21(2)18-24)23-12-10-22(11-13-23)15-17-30(3,4)5/h6-14,16,18,26H,19H2,1-5H3. The van der Waals surface area contributed by atoms with E-state index in [-0.39, 0.29) is 11.7 Å². The predicted molar refractivity (Wildman–Crippen MR) is 128 cm³/mol. The van der Waals surface area contributed by atoms with Crippen molar-refractivity contribution in [3.05, 3.63) is 100 Å². The molecule has 0 aliphatic heterocycles. The third kappa shape index (κ3) is 5.78. The number of rotatable bonds is 5. The second kappa shape index (κ2) is 9.24. The quantitative estimate of drug-likeness (QED) is 0.279. The van der Waals surface area contributed by atoms with Gasteiger partial charge in [0.1, 0.15) is 8.07 Å². The lowest BCUT2D eigenvalue weighted by molar-refractivity contribution is 0.0977. The fourth-order valence-electron chi connectivity index (χ4n) is 3.47. The molecule has 0 fully saturated rings. The lowest BCUT2D eigenvalue weighted by Gasteiger charge is -2.20. The van der Waals surface area contributed by atoms with Crippen molar-refractivity contribution in [2.75, 3.05) is 0 Å². The molecular weight excluding hydrogens is 382 g/mol. The summed E-state index contributed by atoms with van der Waals surface area (Å²) in [5.41, 5.74) is 9.56. The minimum atomic E-state index is -1.41. The molecule has 1 heterocycles. The average Bonchev–Trinajstić information content (AvgIpc) is 2.71. The highest BCUT2D eigenvalue weighted by Crippen LogP contribution is 2.31. The highest BCUT2D eigenvalue weighted by Gasteiger charge is 2.21. The molecule has 3 heteroatoms. The molecule has 3 rings (SSSR count). The van der Waals surface area contributed by atoms with Crippen molar-refractivity contribution in [3.63, 3.8) is 0 Å². The Morgan fingerprint density at radius 3 is 2.33 bits per heavy atom. The normalized spacial score (nSPS) is 12.0. The van der Waals surface area contributed by atoms with Gasteiger partial charge in [0, 0.05) is 35.4 Å². The van der Waals surface area contributed by atoms with Crippen LogP contribution >= 0.6 is 0 Å². The van der Waals surface area contributed by atoms with Crippen LogP contribution in [0.15, 0.2) is 66.9 Å². The van der Waals surface area contributed by atoms with Gasteiger partial charge in [-0.3, -0.25) is 9.78 Å². The number of benzene rings is 2. The lowest BCUT2D eigenvalue weighted by atomic mass is 9.83. The number of hydrogen-bond acceptors (Lipinski definition) is 2. The van der Waals surface area contributed by atoms with E-state index in [2.05, 4.69) is 79.4 Å². The minimum Gasteiger partial charge on any atom is -0.294 e. The van der Waals surface area contributed by atoms with Crippen LogP contribution in [0.4, 0.5) is 0 Å². The number of carbonyl (C=O) groups is 1. The van der Waals surface area contributed by atoms with Crippen LogP contribution < -0.4 is 0 Å². The van der Waals surface area contributed by atoms with E-state index < -0.39 is 8.07 Å². The molecule has 2 nitrogen and oxygen atoms in total. The Hall–Kier alpha value is -2.96. The van der Waals surface area contributed by atoms with Crippen LogP contribution in [0.5, 0.6) is 0 Å². The molecule has 0 saturated heterocycles. The summed E-state index contributed by atoms with van der Waals surface area (Å²) in [5, 5.41) is 0. The molecule has 0 N–H and O–H groups in total. The minimum absolute atomic E-state index is 0.00571. The molecule has 0 aliphatic carbocycles. The van der Waals surface area contributed by atoms with Gasteiger partial charge in [0.15, 0.2) is 5.78 Å². The highest BCUT2D eigenvalue weighted by atomic mass is 28.3. The number of nitrogens with zero attached hydrogens (tertiary/aromatic N) is 1. The van der Waals surface area contributed by atoms with Gasteiger partial charge in [-0.15, -0.1) is 5.54 Å². The molecule has 0 spiro atoms. The van der Waals surface area contributed by atoms with Crippen molar-refractivity contribution in [1.82, 2.24) is 4.98 Å². The molecule has 1 atom stereocenters. The summed E-state index contributed by atoms with van der Waals surface area (Å²) in [6.45, 7) is 10.8. The van der Waals surface area contributed by atoms with E-state index in [1.165, 1.54) is 11.1 Å². The van der Waals surface area contributed by atoms with Crippen molar-refractivity contribution < 1.29 is 4.79 Å². The van der Waals surface area contributed by atoms with Gasteiger partial charge in [-0.05, 0) is 54.8 Å². The van der Waals surface area contributed by atoms with Crippen LogP contribution in [0.1, 0.15) is 50.6 Å². The van der Waals surface area contributed by atoms with Gasteiger partial charge in [-0.25, -0.2) is 0 Å². The lowest BCUT2D eigenvalue weighted by Crippen LogP contribution is -2.16. The van der Waals surface area contributed by atoms with Gasteiger partial charge in [0.25, 0.3) is 0 Å². The zero-order valence-electron chi connectivity index (χ0n) is 18.5. The van der Waals surface area contributed by atoms with Crippen LogP contribution in [0, 0.1) is 25.3 Å². The molecule has 2 aromatic carbocycles. The summed E-state index contributed by atoms with van der Waals surface area (Å²) < 4.78 is 0. The third-order valence-electron chi connectivity index (χ3n) is 5.07. The van der Waals surface area contributed by atoms with E-state index >= 15 is 0 Å². The average molecular weight is 412 g/mol. The van der Waals surface area contributed by atoms with E-state index in [0.717, 1.165) is 22.4 Å². The first kappa shape index (κ1) is 21.7. The number of Topliss-reactive ketones (excluding diaryl/α,β-unsaturated/α-hetero) is 1. The molecule has 152 valence electrons. The summed E-state index contributed by atoms with van der Waals surface area (Å²) in [6.07, 6.45) is 2.13. The number of hydrogen-bond donors (Lipinski definition) is 0. The SMILES string of the molecule is Cc1cc(C(=O)CC(c2ccc(C#C[Si](C)(C)C)cc2)c2ccccc2C)ccn1. The maximum absolute atomic E-state index is 13.1. The number of pyridine rings is 1. The number of aromatic nitrogens is 1. The second-order valence-corrected chi connectivity index (χ2v) is 13.6. The second-order valence-electron chi connectivity index (χ2n) is 8.84. The van der Waals surface area contributed by atoms with E-state index in [4.69, 9.17) is 0 Å². The Labute approximate surface area is 181 Å². The smallest absolute Gasteiger partial charge is 0.163 e. The monoisotopic (exact) mass is 411 g/mol. The van der Waals surface area contributed by atoms with Gasteiger partial charge in [-0.1, -0.05) is 62.0 Å². The number of carbonyl (C=O) groups excluding carboxylic acids is 1. The Morgan fingerprint density at radius 2 is 1.70 bits per heavy atom. The van der Waals surface area contributed by atoms with E-state index in [0.29, 0.717) is 6.42 Å². The molecule has 0 aliphatic rings. The van der Waals surface area contributed by atoms with Crippen molar-refractivity contribution in [2.24, 2.45) is 0 Å². The van der Waals surface area contributed by atoms with Gasteiger partial charge >= 0.3 is 0 Å². The Bertz CT molecular complexity index is 1100. The summed E-state index contributed by atoms with van der Waals surface area (Å²) in [4.78, 5) is 17.3. The zero-order valence-corrected chi connectivity index (χ0v) is 19.5. The van der Waals surface area contributed by atoms with E-state index in [1.807, 2.05) is 25.1 Å². The molecule has 0 amide bonds. The van der Waals surface area contributed by atoms with Crippen LogP contribution in [0.2, 0.25) is 19.6 Å². The molecule has 0 radical (unpaired) electrons. The number of aryl methyl sites for hydroxylation is 2. The zero-order chi connectivity index (χ0) is 21.7. The largest absolute Gasteiger partial charge is 0.294 e. The molecule has 0 bridgehead atoms. The molecule has 30 heavy (non-hydrogen) atoms. The Kier molecular flexibility index (Phi) is 6.69. The van der Waals surface area contributed by atoms with Gasteiger partial charge < -0.3 is 0 Å². The first-order chi connectivity index (χ1) is 14.2. The van der Waals surface area contributed by atoms with Gasteiger partial charge in [0.2, 0.25) is 0 Å². The van der Waals surface area contributed by atoms with Crippen molar-refractivity contribution in [1.29, 1.82) is 0 Å². The van der Waals surface area contributed by atoms with Crippen molar-refractivity contribution in [2.45, 2.75) is 45.8 Å². The molecule has 1 aromatic heterocycles. The van der Waals surface area contributed by atoms with Crippen LogP contribution in [-0.2, 0) is 0 Å². The van der Waals surface area contributed by atoms with Crippen molar-refractivity contribution >= 4 is 13.9 Å². The van der Waals surface area contributed by atoms with Crippen molar-refractivity contribution in [3.8, 4) is 11.5 Å². The molecular formula is C27H29NOSi. The first-order valence-electron chi connectivity index (χ1n) is 10.4. The Morgan fingerprint density at radius 1 is 1.00 bits per heavy atom. The topological polar surface area (TPSA) is 30.0 Å². The molecule has 0 saturated carbocycles. The molecule has 3 aromatic rings.